The van der Waals surface area contributed by atoms with Crippen LogP contribution in [0.2, 0.25) is 0 Å². The number of hydrogen-bond acceptors (Lipinski definition) is 3. The molecule has 0 radical (unpaired) electrons. The van der Waals surface area contributed by atoms with Gasteiger partial charge in [-0.05, 0) is 48.8 Å². The predicted octanol–water partition coefficient (Wildman–Crippen LogP) is 2.64. The molecule has 21 heavy (non-hydrogen) atoms. The van der Waals surface area contributed by atoms with Crippen molar-refractivity contribution in [2.45, 2.75) is 50.0 Å². The zero-order valence-corrected chi connectivity index (χ0v) is 14.2. The highest BCUT2D eigenvalue weighted by Crippen LogP contribution is 2.33. The third-order valence-electron chi connectivity index (χ3n) is 4.12. The molecule has 3 N–H and O–H groups in total. The summed E-state index contributed by atoms with van der Waals surface area (Å²) in [5.41, 5.74) is 6.82. The molecule has 0 heterocycles. The Bertz CT molecular complexity index is 541. The van der Waals surface area contributed by atoms with E-state index < -0.39 is 10.0 Å². The molecule has 1 aliphatic carbocycles. The molecule has 1 aromatic rings. The molecule has 6 heteroatoms. The third-order valence-corrected chi connectivity index (χ3v) is 5.63. The SMILES string of the molecule is CCC(C)c1ccc(S(=O)(=O)NC(CN)C2CC2)cc1.Cl. The summed E-state index contributed by atoms with van der Waals surface area (Å²) in [6.45, 7) is 4.62. The van der Waals surface area contributed by atoms with Crippen LogP contribution < -0.4 is 10.5 Å². The topological polar surface area (TPSA) is 72.2 Å². The molecule has 1 fully saturated rings. The van der Waals surface area contributed by atoms with E-state index in [0.29, 0.717) is 23.3 Å². The number of nitrogens with one attached hydrogen (secondary N) is 1. The smallest absolute Gasteiger partial charge is 0.240 e. The average molecular weight is 333 g/mol. The number of benzene rings is 1. The van der Waals surface area contributed by atoms with Gasteiger partial charge in [0.05, 0.1) is 4.90 Å². The van der Waals surface area contributed by atoms with E-state index in [2.05, 4.69) is 18.6 Å². The monoisotopic (exact) mass is 332 g/mol. The Kier molecular flexibility index (Phi) is 6.66. The average Bonchev–Trinajstić information content (AvgIpc) is 3.28. The molecule has 0 amide bonds. The molecule has 2 atom stereocenters. The van der Waals surface area contributed by atoms with Crippen molar-refractivity contribution in [2.24, 2.45) is 11.7 Å². The van der Waals surface area contributed by atoms with E-state index in [1.54, 1.807) is 12.1 Å². The van der Waals surface area contributed by atoms with Gasteiger partial charge in [0.25, 0.3) is 0 Å². The normalized spacial score (nSPS) is 17.9. The number of hydrogen-bond donors (Lipinski definition) is 2. The molecule has 0 saturated heterocycles. The first-order valence-electron chi connectivity index (χ1n) is 7.30. The van der Waals surface area contributed by atoms with E-state index in [0.717, 1.165) is 19.3 Å². The Morgan fingerprint density at radius 1 is 1.29 bits per heavy atom. The summed E-state index contributed by atoms with van der Waals surface area (Å²) in [6, 6.07) is 7.04. The molecule has 1 aliphatic rings. The maximum Gasteiger partial charge on any atom is 0.240 e. The van der Waals surface area contributed by atoms with Crippen molar-refractivity contribution in [2.75, 3.05) is 6.54 Å². The van der Waals surface area contributed by atoms with Crippen LogP contribution in [0, 0.1) is 5.92 Å². The third kappa shape index (κ3) is 4.68. The molecule has 1 saturated carbocycles. The van der Waals surface area contributed by atoms with Gasteiger partial charge < -0.3 is 5.73 Å². The Morgan fingerprint density at radius 3 is 2.29 bits per heavy atom. The van der Waals surface area contributed by atoms with Crippen molar-refractivity contribution in [3.63, 3.8) is 0 Å². The molecule has 120 valence electrons. The fourth-order valence-electron chi connectivity index (χ4n) is 2.31. The second-order valence-electron chi connectivity index (χ2n) is 5.68. The van der Waals surface area contributed by atoms with Gasteiger partial charge in [0.2, 0.25) is 10.0 Å². The zero-order valence-electron chi connectivity index (χ0n) is 12.6. The van der Waals surface area contributed by atoms with Crippen LogP contribution in [-0.4, -0.2) is 21.0 Å². The van der Waals surface area contributed by atoms with Gasteiger partial charge in [0.15, 0.2) is 0 Å². The van der Waals surface area contributed by atoms with Gasteiger partial charge in [-0.25, -0.2) is 13.1 Å². The molecule has 0 spiro atoms. The lowest BCUT2D eigenvalue weighted by Crippen LogP contribution is -2.41. The summed E-state index contributed by atoms with van der Waals surface area (Å²) in [5.74, 6) is 0.858. The van der Waals surface area contributed by atoms with Crippen molar-refractivity contribution in [3.05, 3.63) is 29.8 Å². The second kappa shape index (κ2) is 7.58. The summed E-state index contributed by atoms with van der Waals surface area (Å²) >= 11 is 0. The minimum absolute atomic E-state index is 0. The van der Waals surface area contributed by atoms with E-state index >= 15 is 0 Å². The first kappa shape index (κ1) is 18.4. The number of sulfonamides is 1. The van der Waals surface area contributed by atoms with Crippen LogP contribution in [0.4, 0.5) is 0 Å². The van der Waals surface area contributed by atoms with Crippen LogP contribution >= 0.6 is 12.4 Å². The highest BCUT2D eigenvalue weighted by atomic mass is 35.5. The molecule has 4 nitrogen and oxygen atoms in total. The maximum absolute atomic E-state index is 12.3. The zero-order chi connectivity index (χ0) is 14.8. The molecule has 1 aromatic carbocycles. The minimum Gasteiger partial charge on any atom is -0.329 e. The summed E-state index contributed by atoms with van der Waals surface area (Å²) in [6.07, 6.45) is 3.18. The van der Waals surface area contributed by atoms with Gasteiger partial charge in [-0.1, -0.05) is 26.0 Å². The van der Waals surface area contributed by atoms with Crippen molar-refractivity contribution in [1.82, 2.24) is 4.72 Å². The first-order valence-corrected chi connectivity index (χ1v) is 8.78. The summed E-state index contributed by atoms with van der Waals surface area (Å²) in [4.78, 5) is 0.323. The Labute approximate surface area is 134 Å². The van der Waals surface area contributed by atoms with Crippen molar-refractivity contribution in [3.8, 4) is 0 Å². The van der Waals surface area contributed by atoms with E-state index in [4.69, 9.17) is 5.73 Å². The number of nitrogens with two attached hydrogens (primary N) is 1. The highest BCUT2D eigenvalue weighted by Gasteiger charge is 2.33. The van der Waals surface area contributed by atoms with Gasteiger partial charge in [-0.2, -0.15) is 0 Å². The first-order chi connectivity index (χ1) is 9.47. The fraction of sp³-hybridized carbons (Fsp3) is 0.600. The van der Waals surface area contributed by atoms with Gasteiger partial charge in [-0.3, -0.25) is 0 Å². The van der Waals surface area contributed by atoms with Crippen LogP contribution in [0.1, 0.15) is 44.6 Å². The Balaban J connectivity index is 0.00000220. The molecule has 2 rings (SSSR count). The van der Waals surface area contributed by atoms with Gasteiger partial charge in [0.1, 0.15) is 0 Å². The van der Waals surface area contributed by atoms with Crippen LogP contribution in [-0.2, 0) is 10.0 Å². The molecular weight excluding hydrogens is 308 g/mol. The standard InChI is InChI=1S/C15H24N2O2S.ClH/c1-3-11(2)12-6-8-14(9-7-12)20(18,19)17-15(10-16)13-4-5-13;/h6-9,11,13,15,17H,3-5,10,16H2,1-2H3;1H. The number of rotatable bonds is 7. The molecular formula is C15H25ClN2O2S. The second-order valence-corrected chi connectivity index (χ2v) is 7.39. The summed E-state index contributed by atoms with van der Waals surface area (Å²) in [5, 5.41) is 0. The largest absolute Gasteiger partial charge is 0.329 e. The lowest BCUT2D eigenvalue weighted by molar-refractivity contribution is 0.519. The number of halogens is 1. The minimum atomic E-state index is -3.46. The summed E-state index contributed by atoms with van der Waals surface area (Å²) in [7, 11) is -3.46. The van der Waals surface area contributed by atoms with Gasteiger partial charge in [0, 0.05) is 12.6 Å². The molecule has 0 aromatic heterocycles. The maximum atomic E-state index is 12.3. The highest BCUT2D eigenvalue weighted by molar-refractivity contribution is 7.89. The quantitative estimate of drug-likeness (QED) is 0.806. The van der Waals surface area contributed by atoms with E-state index in [-0.39, 0.29) is 18.4 Å². The van der Waals surface area contributed by atoms with Crippen LogP contribution in [0.3, 0.4) is 0 Å². The molecule has 2 unspecified atom stereocenters. The van der Waals surface area contributed by atoms with Gasteiger partial charge >= 0.3 is 0 Å². The molecule has 0 bridgehead atoms. The van der Waals surface area contributed by atoms with E-state index in [1.165, 1.54) is 5.56 Å². The lowest BCUT2D eigenvalue weighted by Gasteiger charge is -2.16. The van der Waals surface area contributed by atoms with E-state index in [9.17, 15) is 8.42 Å². The molecule has 0 aliphatic heterocycles. The predicted molar refractivity (Wildman–Crippen MR) is 88.3 cm³/mol. The van der Waals surface area contributed by atoms with Crippen molar-refractivity contribution >= 4 is 22.4 Å². The van der Waals surface area contributed by atoms with Crippen LogP contribution in [0.5, 0.6) is 0 Å². The Morgan fingerprint density at radius 2 is 1.86 bits per heavy atom. The fourth-order valence-corrected chi connectivity index (χ4v) is 3.63. The lowest BCUT2D eigenvalue weighted by atomic mass is 9.99. The van der Waals surface area contributed by atoms with Crippen LogP contribution in [0.15, 0.2) is 29.2 Å². The summed E-state index contributed by atoms with van der Waals surface area (Å²) < 4.78 is 27.4. The van der Waals surface area contributed by atoms with Gasteiger partial charge in [-0.15, -0.1) is 12.4 Å². The van der Waals surface area contributed by atoms with Crippen molar-refractivity contribution in [1.29, 1.82) is 0 Å². The van der Waals surface area contributed by atoms with Crippen LogP contribution in [0.25, 0.3) is 0 Å². The van der Waals surface area contributed by atoms with Crippen molar-refractivity contribution < 1.29 is 8.42 Å². The Hall–Kier alpha value is -0.620. The van der Waals surface area contributed by atoms with E-state index in [1.807, 2.05) is 12.1 Å².